The SMILES string of the molecule is CN=C(NCCCCN(C)C(C)C)NCc1ccc(F)cc1.I. The van der Waals surface area contributed by atoms with Gasteiger partial charge in [0.15, 0.2) is 5.96 Å². The molecule has 0 atom stereocenters. The molecule has 132 valence electrons. The molecule has 0 saturated heterocycles. The van der Waals surface area contributed by atoms with Crippen molar-refractivity contribution in [3.05, 3.63) is 35.6 Å². The number of halogens is 2. The van der Waals surface area contributed by atoms with Gasteiger partial charge in [-0.1, -0.05) is 12.1 Å². The van der Waals surface area contributed by atoms with Crippen molar-refractivity contribution >= 4 is 29.9 Å². The Balaban J connectivity index is 0.00000484. The van der Waals surface area contributed by atoms with Crippen LogP contribution < -0.4 is 10.6 Å². The third kappa shape index (κ3) is 9.76. The molecule has 0 radical (unpaired) electrons. The van der Waals surface area contributed by atoms with Crippen LogP contribution in [0.4, 0.5) is 4.39 Å². The maximum Gasteiger partial charge on any atom is 0.191 e. The Bertz CT molecular complexity index is 448. The fraction of sp³-hybridized carbons (Fsp3) is 0.588. The first-order chi connectivity index (χ1) is 10.5. The van der Waals surface area contributed by atoms with Gasteiger partial charge in [-0.25, -0.2) is 4.39 Å². The summed E-state index contributed by atoms with van der Waals surface area (Å²) in [5.41, 5.74) is 1.03. The Morgan fingerprint density at radius 3 is 2.39 bits per heavy atom. The van der Waals surface area contributed by atoms with Crippen LogP contribution >= 0.6 is 24.0 Å². The second-order valence-electron chi connectivity index (χ2n) is 5.76. The van der Waals surface area contributed by atoms with Crippen LogP contribution in [-0.2, 0) is 6.54 Å². The molecule has 0 aliphatic carbocycles. The zero-order chi connectivity index (χ0) is 16.4. The smallest absolute Gasteiger partial charge is 0.191 e. The molecule has 0 heterocycles. The summed E-state index contributed by atoms with van der Waals surface area (Å²) in [5, 5.41) is 6.53. The largest absolute Gasteiger partial charge is 0.356 e. The molecule has 0 aliphatic rings. The number of nitrogens with one attached hydrogen (secondary N) is 2. The van der Waals surface area contributed by atoms with E-state index in [0.717, 1.165) is 37.5 Å². The Labute approximate surface area is 157 Å². The third-order valence-corrected chi connectivity index (χ3v) is 3.71. The van der Waals surface area contributed by atoms with E-state index in [2.05, 4.69) is 41.4 Å². The minimum atomic E-state index is -0.211. The fourth-order valence-corrected chi connectivity index (χ4v) is 1.96. The van der Waals surface area contributed by atoms with Gasteiger partial charge in [-0.15, -0.1) is 24.0 Å². The van der Waals surface area contributed by atoms with Crippen LogP contribution in [0.1, 0.15) is 32.3 Å². The molecular weight excluding hydrogens is 406 g/mol. The highest BCUT2D eigenvalue weighted by atomic mass is 127. The summed E-state index contributed by atoms with van der Waals surface area (Å²) in [6.45, 7) is 7.06. The van der Waals surface area contributed by atoms with Crippen LogP contribution in [0.2, 0.25) is 0 Å². The lowest BCUT2D eigenvalue weighted by Crippen LogP contribution is -2.37. The maximum absolute atomic E-state index is 12.8. The topological polar surface area (TPSA) is 39.7 Å². The Hall–Kier alpha value is -0.890. The molecule has 0 unspecified atom stereocenters. The quantitative estimate of drug-likeness (QED) is 0.285. The first-order valence-electron chi connectivity index (χ1n) is 7.92. The second kappa shape index (κ2) is 12.5. The van der Waals surface area contributed by atoms with Gasteiger partial charge in [0.1, 0.15) is 5.82 Å². The summed E-state index contributed by atoms with van der Waals surface area (Å²) >= 11 is 0. The van der Waals surface area contributed by atoms with Crippen LogP contribution in [0.3, 0.4) is 0 Å². The zero-order valence-electron chi connectivity index (χ0n) is 14.6. The van der Waals surface area contributed by atoms with E-state index >= 15 is 0 Å². The summed E-state index contributed by atoms with van der Waals surface area (Å²) < 4.78 is 12.8. The van der Waals surface area contributed by atoms with Gasteiger partial charge < -0.3 is 15.5 Å². The first-order valence-corrected chi connectivity index (χ1v) is 7.92. The van der Waals surface area contributed by atoms with Crippen molar-refractivity contribution in [2.24, 2.45) is 4.99 Å². The van der Waals surface area contributed by atoms with Gasteiger partial charge in [-0.2, -0.15) is 0 Å². The van der Waals surface area contributed by atoms with Crippen molar-refractivity contribution in [2.45, 2.75) is 39.3 Å². The highest BCUT2D eigenvalue weighted by Gasteiger charge is 2.02. The molecular formula is C17H30FIN4. The summed E-state index contributed by atoms with van der Waals surface area (Å²) in [6, 6.07) is 7.09. The van der Waals surface area contributed by atoms with Crippen molar-refractivity contribution in [3.8, 4) is 0 Å². The molecule has 4 nitrogen and oxygen atoms in total. The van der Waals surface area contributed by atoms with Crippen LogP contribution in [0.5, 0.6) is 0 Å². The summed E-state index contributed by atoms with van der Waals surface area (Å²) in [4.78, 5) is 6.54. The number of rotatable bonds is 8. The lowest BCUT2D eigenvalue weighted by Gasteiger charge is -2.20. The van der Waals surface area contributed by atoms with Gasteiger partial charge in [0, 0.05) is 26.2 Å². The number of hydrogen-bond donors (Lipinski definition) is 2. The van der Waals surface area contributed by atoms with Gasteiger partial charge in [0.2, 0.25) is 0 Å². The van der Waals surface area contributed by atoms with E-state index in [1.807, 2.05) is 0 Å². The standard InChI is InChI=1S/C17H29FN4.HI/c1-14(2)22(4)12-6-5-11-20-17(19-3)21-13-15-7-9-16(18)10-8-15;/h7-10,14H,5-6,11-13H2,1-4H3,(H2,19,20,21);1H. The van der Waals surface area contributed by atoms with E-state index in [1.54, 1.807) is 19.2 Å². The number of nitrogens with zero attached hydrogens (tertiary/aromatic N) is 2. The minimum absolute atomic E-state index is 0. The normalized spacial score (nSPS) is 11.5. The minimum Gasteiger partial charge on any atom is -0.356 e. The predicted octanol–water partition coefficient (Wildman–Crippen LogP) is 3.23. The lowest BCUT2D eigenvalue weighted by molar-refractivity contribution is 0.268. The van der Waals surface area contributed by atoms with Gasteiger partial charge in [0.25, 0.3) is 0 Å². The molecule has 0 fully saturated rings. The Kier molecular flexibility index (Phi) is 12.0. The van der Waals surface area contributed by atoms with E-state index in [-0.39, 0.29) is 29.8 Å². The molecule has 23 heavy (non-hydrogen) atoms. The molecule has 1 aromatic carbocycles. The second-order valence-corrected chi connectivity index (χ2v) is 5.76. The average Bonchev–Trinajstić information content (AvgIpc) is 2.51. The van der Waals surface area contributed by atoms with E-state index in [4.69, 9.17) is 0 Å². The summed E-state index contributed by atoms with van der Waals surface area (Å²) in [7, 11) is 3.91. The molecule has 0 saturated carbocycles. The molecule has 2 N–H and O–H groups in total. The molecule has 0 amide bonds. The maximum atomic E-state index is 12.8. The van der Waals surface area contributed by atoms with Gasteiger partial charge >= 0.3 is 0 Å². The zero-order valence-corrected chi connectivity index (χ0v) is 16.9. The van der Waals surface area contributed by atoms with Crippen LogP contribution in [-0.4, -0.2) is 44.1 Å². The Morgan fingerprint density at radius 2 is 1.83 bits per heavy atom. The summed E-state index contributed by atoms with van der Waals surface area (Å²) in [6.07, 6.45) is 2.27. The molecule has 0 spiro atoms. The van der Waals surface area contributed by atoms with Gasteiger partial charge in [0.05, 0.1) is 0 Å². The average molecular weight is 436 g/mol. The molecule has 1 aromatic rings. The number of hydrogen-bond acceptors (Lipinski definition) is 2. The fourth-order valence-electron chi connectivity index (χ4n) is 1.96. The number of guanidine groups is 1. The van der Waals surface area contributed by atoms with E-state index in [9.17, 15) is 4.39 Å². The third-order valence-electron chi connectivity index (χ3n) is 3.71. The van der Waals surface area contributed by atoms with E-state index < -0.39 is 0 Å². The molecule has 6 heteroatoms. The summed E-state index contributed by atoms with van der Waals surface area (Å²) in [5.74, 6) is 0.569. The van der Waals surface area contributed by atoms with Crippen LogP contribution in [0, 0.1) is 5.82 Å². The molecule has 0 aromatic heterocycles. The molecule has 0 aliphatic heterocycles. The van der Waals surface area contributed by atoms with Crippen LogP contribution in [0.15, 0.2) is 29.3 Å². The first kappa shape index (κ1) is 22.1. The van der Waals surface area contributed by atoms with Crippen LogP contribution in [0.25, 0.3) is 0 Å². The Morgan fingerprint density at radius 1 is 1.17 bits per heavy atom. The van der Waals surface area contributed by atoms with Crippen molar-refractivity contribution < 1.29 is 4.39 Å². The van der Waals surface area contributed by atoms with E-state index in [1.165, 1.54) is 12.1 Å². The monoisotopic (exact) mass is 436 g/mol. The van der Waals surface area contributed by atoms with Crippen molar-refractivity contribution in [1.82, 2.24) is 15.5 Å². The van der Waals surface area contributed by atoms with Crippen molar-refractivity contribution in [1.29, 1.82) is 0 Å². The number of benzene rings is 1. The highest BCUT2D eigenvalue weighted by Crippen LogP contribution is 2.02. The molecule has 0 bridgehead atoms. The number of unbranched alkanes of at least 4 members (excludes halogenated alkanes) is 1. The molecule has 1 rings (SSSR count). The van der Waals surface area contributed by atoms with Gasteiger partial charge in [-0.05, 0) is 58.0 Å². The lowest BCUT2D eigenvalue weighted by atomic mass is 10.2. The van der Waals surface area contributed by atoms with Crippen molar-refractivity contribution in [2.75, 3.05) is 27.2 Å². The number of aliphatic imine (C=N–C) groups is 1. The highest BCUT2D eigenvalue weighted by molar-refractivity contribution is 14.0. The van der Waals surface area contributed by atoms with Crippen molar-refractivity contribution in [3.63, 3.8) is 0 Å². The van der Waals surface area contributed by atoms with E-state index in [0.29, 0.717) is 12.6 Å². The predicted molar refractivity (Wildman–Crippen MR) is 107 cm³/mol. The van der Waals surface area contributed by atoms with Gasteiger partial charge in [-0.3, -0.25) is 4.99 Å².